The van der Waals surface area contributed by atoms with E-state index in [1.807, 2.05) is 31.6 Å². The third kappa shape index (κ3) is 4.56. The van der Waals surface area contributed by atoms with E-state index in [1.165, 1.54) is 43.5 Å². The Hall–Kier alpha value is -2.35. The summed E-state index contributed by atoms with van der Waals surface area (Å²) in [5.41, 5.74) is 10.2. The van der Waals surface area contributed by atoms with E-state index in [-0.39, 0.29) is 17.9 Å². The number of likely N-dealkylation sites (tertiary alicyclic amines) is 1. The Kier molecular flexibility index (Phi) is 6.48. The predicted molar refractivity (Wildman–Crippen MR) is 125 cm³/mol. The van der Waals surface area contributed by atoms with Crippen LogP contribution in [0.15, 0.2) is 43.0 Å². The van der Waals surface area contributed by atoms with Gasteiger partial charge in [-0.1, -0.05) is 12.5 Å². The molecule has 2 aliphatic heterocycles. The second-order valence-electron chi connectivity index (χ2n) is 9.62. The van der Waals surface area contributed by atoms with Gasteiger partial charge in [0.15, 0.2) is 0 Å². The number of hydrazine groups is 1. The Bertz CT molecular complexity index is 916. The van der Waals surface area contributed by atoms with Gasteiger partial charge in [-0.15, -0.1) is 0 Å². The molecule has 2 saturated heterocycles. The van der Waals surface area contributed by atoms with E-state index in [1.54, 1.807) is 17.3 Å². The van der Waals surface area contributed by atoms with Crippen LogP contribution < -0.4 is 15.8 Å². The molecular weight excluding hydrogens is 400 g/mol. The quantitative estimate of drug-likeness (QED) is 0.754. The van der Waals surface area contributed by atoms with Gasteiger partial charge in [0.25, 0.3) is 0 Å². The molecule has 0 aromatic carbocycles. The first-order valence-corrected chi connectivity index (χ1v) is 12.0. The van der Waals surface area contributed by atoms with Crippen LogP contribution in [0.25, 0.3) is 0 Å². The average Bonchev–Trinajstić information content (AvgIpc) is 3.28. The highest BCUT2D eigenvalue weighted by Gasteiger charge is 2.44. The summed E-state index contributed by atoms with van der Waals surface area (Å²) in [5, 5.41) is 0. The van der Waals surface area contributed by atoms with Crippen molar-refractivity contribution in [1.82, 2.24) is 25.7 Å². The number of carbonyl (C=O) groups excluding carboxylic acids is 1. The lowest BCUT2D eigenvalue weighted by atomic mass is 9.73. The zero-order valence-corrected chi connectivity index (χ0v) is 18.9. The number of piperidine rings is 1. The van der Waals surface area contributed by atoms with Gasteiger partial charge >= 0.3 is 0 Å². The number of nitrogens with zero attached hydrogens (tertiary/aromatic N) is 4. The first-order valence-electron chi connectivity index (χ1n) is 12.0. The highest BCUT2D eigenvalue weighted by molar-refractivity contribution is 5.97. The number of amides is 1. The molecule has 1 aliphatic carbocycles. The summed E-state index contributed by atoms with van der Waals surface area (Å²) in [4.78, 5) is 26.3. The van der Waals surface area contributed by atoms with Gasteiger partial charge in [-0.05, 0) is 74.4 Å². The molecule has 2 aromatic rings. The Morgan fingerprint density at radius 3 is 2.81 bits per heavy atom. The molecule has 1 amide bonds. The molecule has 2 aromatic heterocycles. The molecule has 4 unspecified atom stereocenters. The van der Waals surface area contributed by atoms with E-state index >= 15 is 0 Å². The van der Waals surface area contributed by atoms with Crippen LogP contribution in [0.1, 0.15) is 55.6 Å². The van der Waals surface area contributed by atoms with E-state index < -0.39 is 0 Å². The monoisotopic (exact) mass is 434 g/mol. The molecule has 4 atom stereocenters. The zero-order valence-electron chi connectivity index (χ0n) is 18.9. The summed E-state index contributed by atoms with van der Waals surface area (Å²) >= 11 is 0. The fraction of sp³-hybridized carbons (Fsp3) is 0.560. The molecule has 5 rings (SSSR count). The molecule has 4 heterocycles. The minimum Gasteiger partial charge on any atom is -0.313 e. The van der Waals surface area contributed by atoms with Crippen molar-refractivity contribution in [1.29, 1.82) is 0 Å². The summed E-state index contributed by atoms with van der Waals surface area (Å²) < 4.78 is 0. The van der Waals surface area contributed by atoms with Crippen LogP contribution in [-0.4, -0.2) is 53.0 Å². The van der Waals surface area contributed by atoms with E-state index in [0.29, 0.717) is 12.0 Å². The van der Waals surface area contributed by atoms with Gasteiger partial charge in [0, 0.05) is 44.1 Å². The number of fused-ring (bicyclic) bond motifs is 1. The first kappa shape index (κ1) is 21.5. The minimum absolute atomic E-state index is 0.0932. The number of nitrogens with one attached hydrogen (secondary N) is 2. The van der Waals surface area contributed by atoms with Gasteiger partial charge in [-0.3, -0.25) is 25.1 Å². The van der Waals surface area contributed by atoms with Gasteiger partial charge in [0.2, 0.25) is 5.91 Å². The summed E-state index contributed by atoms with van der Waals surface area (Å²) in [5.74, 6) is 0.813. The van der Waals surface area contributed by atoms with Gasteiger partial charge < -0.3 is 4.90 Å². The van der Waals surface area contributed by atoms with E-state index in [0.717, 1.165) is 31.5 Å². The molecule has 7 heteroatoms. The van der Waals surface area contributed by atoms with E-state index in [2.05, 4.69) is 31.8 Å². The van der Waals surface area contributed by atoms with Crippen molar-refractivity contribution in [3.63, 3.8) is 0 Å². The number of pyridine rings is 2. The normalized spacial score (nSPS) is 28.3. The molecule has 3 aliphatic rings. The predicted octanol–water partition coefficient (Wildman–Crippen LogP) is 2.85. The molecule has 1 saturated carbocycles. The fourth-order valence-corrected chi connectivity index (χ4v) is 5.69. The molecule has 0 spiro atoms. The lowest BCUT2D eigenvalue weighted by Crippen LogP contribution is -2.47. The Labute approximate surface area is 190 Å². The number of hydrogen-bond donors (Lipinski definition) is 2. The smallest absolute Gasteiger partial charge is 0.245 e. The van der Waals surface area contributed by atoms with Crippen LogP contribution in [-0.2, 0) is 11.3 Å². The van der Waals surface area contributed by atoms with Crippen molar-refractivity contribution in [2.75, 3.05) is 25.0 Å². The molecular formula is C25H34N6O. The number of rotatable bonds is 5. The second-order valence-corrected chi connectivity index (χ2v) is 9.62. The summed E-state index contributed by atoms with van der Waals surface area (Å²) in [6, 6.07) is 6.27. The highest BCUT2D eigenvalue weighted by Crippen LogP contribution is 2.40. The standard InChI is InChI=1S/C25H34N6O/c1-30(21-6-5-9-26-16-21)25(32)24-22-13-19(7-8-23(22)28-29-24)20-12-18(14-27-15-20)17-31-10-3-2-4-11-31/h5-6,9,12,14-16,19,22-24,28-29H,2-4,7-8,10-11,13,17H2,1H3. The van der Waals surface area contributed by atoms with E-state index in [4.69, 9.17) is 0 Å². The number of carbonyl (C=O) groups is 1. The van der Waals surface area contributed by atoms with Gasteiger partial charge in [0.1, 0.15) is 6.04 Å². The van der Waals surface area contributed by atoms with Gasteiger partial charge in [-0.2, -0.15) is 0 Å². The van der Waals surface area contributed by atoms with Gasteiger partial charge in [0.05, 0.1) is 11.9 Å². The average molecular weight is 435 g/mol. The summed E-state index contributed by atoms with van der Waals surface area (Å²) in [6.45, 7) is 3.39. The first-order chi connectivity index (χ1) is 15.7. The van der Waals surface area contributed by atoms with Crippen molar-refractivity contribution in [2.24, 2.45) is 5.92 Å². The molecule has 2 N–H and O–H groups in total. The van der Waals surface area contributed by atoms with E-state index in [9.17, 15) is 4.79 Å². The maximum Gasteiger partial charge on any atom is 0.245 e. The Morgan fingerprint density at radius 2 is 2.00 bits per heavy atom. The van der Waals surface area contributed by atoms with Crippen molar-refractivity contribution >= 4 is 11.6 Å². The molecule has 32 heavy (non-hydrogen) atoms. The number of likely N-dealkylation sites (N-methyl/N-ethyl adjacent to an activating group) is 1. The second kappa shape index (κ2) is 9.65. The number of anilines is 1. The Morgan fingerprint density at radius 1 is 1.12 bits per heavy atom. The fourth-order valence-electron chi connectivity index (χ4n) is 5.69. The third-order valence-corrected chi connectivity index (χ3v) is 7.52. The van der Waals surface area contributed by atoms with Crippen molar-refractivity contribution in [3.8, 4) is 0 Å². The Balaban J connectivity index is 1.27. The molecule has 0 bridgehead atoms. The van der Waals surface area contributed by atoms with Crippen LogP contribution in [0.2, 0.25) is 0 Å². The van der Waals surface area contributed by atoms with Gasteiger partial charge in [-0.25, -0.2) is 5.43 Å². The topological polar surface area (TPSA) is 73.4 Å². The largest absolute Gasteiger partial charge is 0.313 e. The molecule has 0 radical (unpaired) electrons. The lowest BCUT2D eigenvalue weighted by molar-refractivity contribution is -0.121. The highest BCUT2D eigenvalue weighted by atomic mass is 16.2. The SMILES string of the molecule is CN(C(=O)C1NNC2CCC(c3cncc(CN4CCCCC4)c3)CC21)c1cccnc1. The summed E-state index contributed by atoms with van der Waals surface area (Å²) in [7, 11) is 1.84. The maximum absolute atomic E-state index is 13.3. The zero-order chi connectivity index (χ0) is 21.9. The van der Waals surface area contributed by atoms with Crippen LogP contribution in [0.5, 0.6) is 0 Å². The van der Waals surface area contributed by atoms with Crippen molar-refractivity contribution in [2.45, 2.75) is 63.1 Å². The van der Waals surface area contributed by atoms with Crippen LogP contribution in [0, 0.1) is 5.92 Å². The van der Waals surface area contributed by atoms with Crippen LogP contribution >= 0.6 is 0 Å². The maximum atomic E-state index is 13.3. The molecule has 7 nitrogen and oxygen atoms in total. The number of aromatic nitrogens is 2. The van der Waals surface area contributed by atoms with Crippen LogP contribution in [0.4, 0.5) is 5.69 Å². The van der Waals surface area contributed by atoms with Crippen molar-refractivity contribution in [3.05, 3.63) is 54.1 Å². The minimum atomic E-state index is -0.225. The molecule has 170 valence electrons. The summed E-state index contributed by atoms with van der Waals surface area (Å²) in [6.07, 6.45) is 14.7. The third-order valence-electron chi connectivity index (χ3n) is 7.52. The van der Waals surface area contributed by atoms with Crippen molar-refractivity contribution < 1.29 is 4.79 Å². The lowest BCUT2D eigenvalue weighted by Gasteiger charge is -2.34. The number of hydrogen-bond acceptors (Lipinski definition) is 6. The van der Waals surface area contributed by atoms with Crippen LogP contribution in [0.3, 0.4) is 0 Å². The molecule has 3 fully saturated rings.